The number of carboxylic acid groups (broad SMARTS) is 1. The van der Waals surface area contributed by atoms with Gasteiger partial charge in [0.1, 0.15) is 5.69 Å². The van der Waals surface area contributed by atoms with Crippen LogP contribution in [-0.4, -0.2) is 65.7 Å². The number of hydrogen-bond donors (Lipinski definition) is 1. The molecule has 27 heavy (non-hydrogen) atoms. The molecule has 1 unspecified atom stereocenters. The highest BCUT2D eigenvalue weighted by Gasteiger charge is 2.31. The number of nitrogens with zero attached hydrogens (tertiary/aromatic N) is 3. The van der Waals surface area contributed by atoms with Gasteiger partial charge >= 0.3 is 5.97 Å². The molecular weight excluding hydrogens is 354 g/mol. The highest BCUT2D eigenvalue weighted by atomic mass is 16.6. The summed E-state index contributed by atoms with van der Waals surface area (Å²) in [6.45, 7) is 3.96. The third-order valence-corrected chi connectivity index (χ3v) is 5.17. The Morgan fingerprint density at radius 3 is 2.59 bits per heavy atom. The molecular formula is C18H23N3O6. The number of benzene rings is 1. The SMILES string of the molecule is CC1CCN(c2ccc(C(=O)N3CCOC(C(=O)O)C3)cc2[N+](=O)[O-])CC1. The zero-order chi connectivity index (χ0) is 19.6. The number of morpholine rings is 1. The van der Waals surface area contributed by atoms with Gasteiger partial charge in [0.15, 0.2) is 6.10 Å². The average molecular weight is 377 g/mol. The molecule has 2 aliphatic heterocycles. The second-order valence-electron chi connectivity index (χ2n) is 7.08. The number of carbonyl (C=O) groups is 2. The van der Waals surface area contributed by atoms with Crippen LogP contribution >= 0.6 is 0 Å². The number of hydrogen-bond acceptors (Lipinski definition) is 6. The average Bonchev–Trinajstić information content (AvgIpc) is 2.67. The standard InChI is InChI=1S/C18H23N3O6/c1-12-4-6-19(7-5-12)14-3-2-13(10-15(14)21(25)26)17(22)20-8-9-27-16(11-20)18(23)24/h2-3,10,12,16H,4-9,11H2,1H3,(H,23,24). The summed E-state index contributed by atoms with van der Waals surface area (Å²) in [7, 11) is 0. The Morgan fingerprint density at radius 1 is 1.26 bits per heavy atom. The third kappa shape index (κ3) is 4.19. The van der Waals surface area contributed by atoms with E-state index >= 15 is 0 Å². The Labute approximate surface area is 156 Å². The normalized spacial score (nSPS) is 21.1. The molecule has 1 aromatic carbocycles. The summed E-state index contributed by atoms with van der Waals surface area (Å²) in [5.74, 6) is -0.954. The van der Waals surface area contributed by atoms with Gasteiger partial charge in [-0.3, -0.25) is 14.9 Å². The van der Waals surface area contributed by atoms with E-state index in [0.29, 0.717) is 11.6 Å². The summed E-state index contributed by atoms with van der Waals surface area (Å²) in [6, 6.07) is 4.49. The van der Waals surface area contributed by atoms with Crippen molar-refractivity contribution < 1.29 is 24.4 Å². The molecule has 0 saturated carbocycles. The van der Waals surface area contributed by atoms with Gasteiger partial charge in [-0.05, 0) is 30.9 Å². The summed E-state index contributed by atoms with van der Waals surface area (Å²) < 4.78 is 5.12. The maximum atomic E-state index is 12.7. The first-order valence-electron chi connectivity index (χ1n) is 9.04. The molecule has 2 saturated heterocycles. The van der Waals surface area contributed by atoms with Crippen molar-refractivity contribution in [3.05, 3.63) is 33.9 Å². The van der Waals surface area contributed by atoms with Gasteiger partial charge in [0.2, 0.25) is 0 Å². The van der Waals surface area contributed by atoms with E-state index in [4.69, 9.17) is 9.84 Å². The highest BCUT2D eigenvalue weighted by molar-refractivity contribution is 5.96. The molecule has 1 aromatic rings. The van der Waals surface area contributed by atoms with Gasteiger partial charge in [-0.1, -0.05) is 6.92 Å². The van der Waals surface area contributed by atoms with E-state index in [0.717, 1.165) is 25.9 Å². The minimum atomic E-state index is -1.13. The fraction of sp³-hybridized carbons (Fsp3) is 0.556. The smallest absolute Gasteiger partial charge is 0.334 e. The van der Waals surface area contributed by atoms with Crippen molar-refractivity contribution in [2.75, 3.05) is 37.7 Å². The van der Waals surface area contributed by atoms with Crippen molar-refractivity contribution in [3.63, 3.8) is 0 Å². The minimum absolute atomic E-state index is 0.0757. The van der Waals surface area contributed by atoms with Crippen LogP contribution in [0.3, 0.4) is 0 Å². The molecule has 0 radical (unpaired) electrons. The zero-order valence-electron chi connectivity index (χ0n) is 15.2. The molecule has 146 valence electrons. The summed E-state index contributed by atoms with van der Waals surface area (Å²) in [4.78, 5) is 38.3. The lowest BCUT2D eigenvalue weighted by atomic mass is 9.98. The zero-order valence-corrected chi connectivity index (χ0v) is 15.2. The molecule has 1 N–H and O–H groups in total. The molecule has 2 fully saturated rings. The van der Waals surface area contributed by atoms with E-state index in [2.05, 4.69) is 6.92 Å². The van der Waals surface area contributed by atoms with Crippen molar-refractivity contribution in [2.45, 2.75) is 25.9 Å². The van der Waals surface area contributed by atoms with Crippen molar-refractivity contribution in [1.82, 2.24) is 4.90 Å². The van der Waals surface area contributed by atoms with E-state index < -0.39 is 22.9 Å². The topological polar surface area (TPSA) is 113 Å². The van der Waals surface area contributed by atoms with Crippen molar-refractivity contribution in [1.29, 1.82) is 0 Å². The first kappa shape index (κ1) is 19.1. The van der Waals surface area contributed by atoms with E-state index in [-0.39, 0.29) is 30.9 Å². The monoisotopic (exact) mass is 377 g/mol. The number of aliphatic carboxylic acids is 1. The van der Waals surface area contributed by atoms with Gasteiger partial charge < -0.3 is 19.6 Å². The molecule has 1 atom stereocenters. The Kier molecular flexibility index (Phi) is 5.59. The van der Waals surface area contributed by atoms with Crippen molar-refractivity contribution in [2.24, 2.45) is 5.92 Å². The molecule has 1 amide bonds. The predicted octanol–water partition coefficient (Wildman–Crippen LogP) is 1.76. The van der Waals surface area contributed by atoms with Gasteiger partial charge in [-0.2, -0.15) is 0 Å². The van der Waals surface area contributed by atoms with E-state index in [1.54, 1.807) is 12.1 Å². The van der Waals surface area contributed by atoms with Crippen LogP contribution < -0.4 is 4.90 Å². The largest absolute Gasteiger partial charge is 0.479 e. The number of ether oxygens (including phenoxy) is 1. The maximum absolute atomic E-state index is 12.7. The number of nitro groups is 1. The maximum Gasteiger partial charge on any atom is 0.334 e. The predicted molar refractivity (Wildman–Crippen MR) is 97.0 cm³/mol. The van der Waals surface area contributed by atoms with Crippen LogP contribution in [0.5, 0.6) is 0 Å². The summed E-state index contributed by atoms with van der Waals surface area (Å²) in [5.41, 5.74) is 0.606. The van der Waals surface area contributed by atoms with Crippen molar-refractivity contribution in [3.8, 4) is 0 Å². The quantitative estimate of drug-likeness (QED) is 0.628. The van der Waals surface area contributed by atoms with Gasteiger partial charge in [0.25, 0.3) is 11.6 Å². The lowest BCUT2D eigenvalue weighted by Crippen LogP contribution is -2.48. The Morgan fingerprint density at radius 2 is 1.96 bits per heavy atom. The minimum Gasteiger partial charge on any atom is -0.479 e. The third-order valence-electron chi connectivity index (χ3n) is 5.17. The van der Waals surface area contributed by atoms with Crippen molar-refractivity contribution >= 4 is 23.3 Å². The number of carbonyl (C=O) groups excluding carboxylic acids is 1. The molecule has 2 aliphatic rings. The number of anilines is 1. The molecule has 0 spiro atoms. The lowest BCUT2D eigenvalue weighted by Gasteiger charge is -2.32. The number of carboxylic acids is 1. The highest BCUT2D eigenvalue weighted by Crippen LogP contribution is 2.32. The fourth-order valence-corrected chi connectivity index (χ4v) is 3.49. The second-order valence-corrected chi connectivity index (χ2v) is 7.08. The van der Waals surface area contributed by atoms with Crippen LogP contribution in [-0.2, 0) is 9.53 Å². The van der Waals surface area contributed by atoms with Gasteiger partial charge in [-0.15, -0.1) is 0 Å². The van der Waals surface area contributed by atoms with Crippen LogP contribution in [0.25, 0.3) is 0 Å². The van der Waals surface area contributed by atoms with Crippen LogP contribution in [0.2, 0.25) is 0 Å². The summed E-state index contributed by atoms with van der Waals surface area (Å²) in [6.07, 6.45) is 0.872. The second kappa shape index (κ2) is 7.91. The van der Waals surface area contributed by atoms with Gasteiger partial charge in [0.05, 0.1) is 18.1 Å². The van der Waals surface area contributed by atoms with E-state index in [9.17, 15) is 19.7 Å². The van der Waals surface area contributed by atoms with Crippen LogP contribution in [0, 0.1) is 16.0 Å². The van der Waals surface area contributed by atoms with Gasteiger partial charge in [0, 0.05) is 31.3 Å². The molecule has 0 aromatic heterocycles. The molecule has 3 rings (SSSR count). The summed E-state index contributed by atoms with van der Waals surface area (Å²) in [5, 5.41) is 20.6. The number of piperidine rings is 1. The first-order valence-corrected chi connectivity index (χ1v) is 9.04. The lowest BCUT2D eigenvalue weighted by molar-refractivity contribution is -0.384. The van der Waals surface area contributed by atoms with Gasteiger partial charge in [-0.25, -0.2) is 4.79 Å². The van der Waals surface area contributed by atoms with E-state index in [1.165, 1.54) is 11.0 Å². The Balaban J connectivity index is 1.82. The summed E-state index contributed by atoms with van der Waals surface area (Å²) >= 11 is 0. The molecule has 0 aliphatic carbocycles. The number of rotatable bonds is 4. The molecule has 2 heterocycles. The van der Waals surface area contributed by atoms with Crippen LogP contribution in [0.1, 0.15) is 30.1 Å². The van der Waals surface area contributed by atoms with Crippen LogP contribution in [0.4, 0.5) is 11.4 Å². The fourth-order valence-electron chi connectivity index (χ4n) is 3.49. The Bertz CT molecular complexity index is 745. The number of nitro benzene ring substituents is 1. The molecule has 0 bridgehead atoms. The molecule has 9 heteroatoms. The van der Waals surface area contributed by atoms with E-state index in [1.807, 2.05) is 4.90 Å². The first-order chi connectivity index (χ1) is 12.9. The van der Waals surface area contributed by atoms with Crippen LogP contribution in [0.15, 0.2) is 18.2 Å². The molecule has 9 nitrogen and oxygen atoms in total. The Hall–Kier alpha value is -2.68. The number of amides is 1.